The zero-order chi connectivity index (χ0) is 14.9. The van der Waals surface area contributed by atoms with E-state index in [9.17, 15) is 4.79 Å². The van der Waals surface area contributed by atoms with Crippen molar-refractivity contribution in [1.29, 1.82) is 0 Å². The maximum Gasteiger partial charge on any atom is 0.224 e. The van der Waals surface area contributed by atoms with Gasteiger partial charge in [-0.3, -0.25) is 9.69 Å². The van der Waals surface area contributed by atoms with Crippen molar-refractivity contribution in [3.8, 4) is 0 Å². The third-order valence-corrected chi connectivity index (χ3v) is 5.21. The van der Waals surface area contributed by atoms with Gasteiger partial charge in [-0.15, -0.1) is 0 Å². The molecule has 5 nitrogen and oxygen atoms in total. The molecule has 1 N–H and O–H groups in total. The third-order valence-electron chi connectivity index (χ3n) is 5.21. The second kappa shape index (κ2) is 6.05. The first-order valence-electron chi connectivity index (χ1n) is 8.44. The standard InChI is InChI=1S/C17H24N2O3/c20-17(18-8-12-1-2-12)14-7-16-15(4-6-22-16)19(10-14)9-13-3-5-21-11-13/h3,5,11-12,14-16H,1-2,4,6-10H2,(H,18,20)/t14-,15-,16-/m1/s1. The number of ether oxygens (including phenoxy) is 1. The lowest BCUT2D eigenvalue weighted by atomic mass is 9.89. The predicted octanol–water partition coefficient (Wildman–Crippen LogP) is 1.79. The Morgan fingerprint density at radius 3 is 3.05 bits per heavy atom. The van der Waals surface area contributed by atoms with Crippen LogP contribution in [-0.4, -0.2) is 42.6 Å². The highest BCUT2D eigenvalue weighted by Gasteiger charge is 2.42. The Kier molecular flexibility index (Phi) is 3.92. The van der Waals surface area contributed by atoms with Crippen molar-refractivity contribution in [2.75, 3.05) is 19.7 Å². The number of nitrogens with zero attached hydrogens (tertiary/aromatic N) is 1. The number of hydrogen-bond donors (Lipinski definition) is 1. The summed E-state index contributed by atoms with van der Waals surface area (Å²) in [5.41, 5.74) is 1.17. The van der Waals surface area contributed by atoms with Crippen molar-refractivity contribution in [2.45, 2.75) is 44.4 Å². The van der Waals surface area contributed by atoms with Crippen LogP contribution in [0.3, 0.4) is 0 Å². The number of fused-ring (bicyclic) bond motifs is 1. The molecule has 3 aliphatic rings. The first kappa shape index (κ1) is 14.3. The van der Waals surface area contributed by atoms with Gasteiger partial charge in [-0.05, 0) is 37.7 Å². The van der Waals surface area contributed by atoms with E-state index in [4.69, 9.17) is 9.15 Å². The van der Waals surface area contributed by atoms with Crippen LogP contribution in [0.15, 0.2) is 23.0 Å². The summed E-state index contributed by atoms with van der Waals surface area (Å²) >= 11 is 0. The van der Waals surface area contributed by atoms with Gasteiger partial charge in [-0.25, -0.2) is 0 Å². The molecular weight excluding hydrogens is 280 g/mol. The van der Waals surface area contributed by atoms with Gasteiger partial charge in [0.25, 0.3) is 0 Å². The number of nitrogens with one attached hydrogen (secondary N) is 1. The van der Waals surface area contributed by atoms with Crippen LogP contribution in [0, 0.1) is 11.8 Å². The quantitative estimate of drug-likeness (QED) is 0.901. The number of amides is 1. The lowest BCUT2D eigenvalue weighted by molar-refractivity contribution is -0.129. The van der Waals surface area contributed by atoms with Crippen molar-refractivity contribution >= 4 is 5.91 Å². The van der Waals surface area contributed by atoms with E-state index in [0.717, 1.165) is 45.0 Å². The molecule has 5 heteroatoms. The number of likely N-dealkylation sites (tertiary alicyclic amines) is 1. The molecular formula is C17H24N2O3. The minimum atomic E-state index is 0.0463. The van der Waals surface area contributed by atoms with E-state index in [-0.39, 0.29) is 17.9 Å². The van der Waals surface area contributed by atoms with Crippen LogP contribution < -0.4 is 5.32 Å². The van der Waals surface area contributed by atoms with E-state index < -0.39 is 0 Å². The lowest BCUT2D eigenvalue weighted by Gasteiger charge is -2.40. The zero-order valence-corrected chi connectivity index (χ0v) is 12.9. The Morgan fingerprint density at radius 1 is 1.36 bits per heavy atom. The molecule has 0 unspecified atom stereocenters. The molecule has 3 fully saturated rings. The van der Waals surface area contributed by atoms with E-state index in [1.165, 1.54) is 18.4 Å². The fourth-order valence-electron chi connectivity index (χ4n) is 3.75. The number of hydrogen-bond acceptors (Lipinski definition) is 4. The van der Waals surface area contributed by atoms with Gasteiger partial charge >= 0.3 is 0 Å². The van der Waals surface area contributed by atoms with E-state index in [2.05, 4.69) is 10.2 Å². The fourth-order valence-corrected chi connectivity index (χ4v) is 3.75. The minimum Gasteiger partial charge on any atom is -0.472 e. The molecule has 120 valence electrons. The van der Waals surface area contributed by atoms with E-state index in [1.54, 1.807) is 12.5 Å². The number of furan rings is 1. The maximum absolute atomic E-state index is 12.5. The fraction of sp³-hybridized carbons (Fsp3) is 0.706. The van der Waals surface area contributed by atoms with E-state index >= 15 is 0 Å². The van der Waals surface area contributed by atoms with Gasteiger partial charge < -0.3 is 14.5 Å². The van der Waals surface area contributed by atoms with Crippen molar-refractivity contribution in [3.63, 3.8) is 0 Å². The summed E-state index contributed by atoms with van der Waals surface area (Å²) in [7, 11) is 0. The van der Waals surface area contributed by atoms with Gasteiger partial charge in [0, 0.05) is 37.8 Å². The van der Waals surface area contributed by atoms with Crippen LogP contribution in [-0.2, 0) is 16.1 Å². The Morgan fingerprint density at radius 2 is 2.27 bits per heavy atom. The summed E-state index contributed by atoms with van der Waals surface area (Å²) in [5, 5.41) is 3.13. The molecule has 1 amide bonds. The first-order valence-corrected chi connectivity index (χ1v) is 8.44. The maximum atomic E-state index is 12.5. The zero-order valence-electron chi connectivity index (χ0n) is 12.9. The molecule has 4 rings (SSSR count). The summed E-state index contributed by atoms with van der Waals surface area (Å²) in [4.78, 5) is 14.9. The van der Waals surface area contributed by atoms with Gasteiger partial charge in [-0.1, -0.05) is 0 Å². The average Bonchev–Trinajstić information content (AvgIpc) is 3.00. The molecule has 22 heavy (non-hydrogen) atoms. The van der Waals surface area contributed by atoms with Gasteiger partial charge in [-0.2, -0.15) is 0 Å². The normalized spacial score (nSPS) is 31.9. The van der Waals surface area contributed by atoms with Crippen molar-refractivity contribution < 1.29 is 13.9 Å². The second-order valence-electron chi connectivity index (χ2n) is 6.95. The van der Waals surface area contributed by atoms with E-state index in [1.807, 2.05) is 6.07 Å². The molecule has 0 aromatic carbocycles. The smallest absolute Gasteiger partial charge is 0.224 e. The number of carbonyl (C=O) groups is 1. The highest BCUT2D eigenvalue weighted by Crippen LogP contribution is 2.33. The lowest BCUT2D eigenvalue weighted by Crippen LogP contribution is -2.52. The second-order valence-corrected chi connectivity index (χ2v) is 6.95. The predicted molar refractivity (Wildman–Crippen MR) is 81.1 cm³/mol. The number of piperidine rings is 1. The number of rotatable bonds is 5. The monoisotopic (exact) mass is 304 g/mol. The molecule has 2 saturated heterocycles. The summed E-state index contributed by atoms with van der Waals surface area (Å²) in [6.07, 6.45) is 8.18. The molecule has 3 heterocycles. The van der Waals surface area contributed by atoms with Crippen LogP contribution in [0.1, 0.15) is 31.2 Å². The van der Waals surface area contributed by atoms with E-state index in [0.29, 0.717) is 6.04 Å². The highest BCUT2D eigenvalue weighted by molar-refractivity contribution is 5.79. The minimum absolute atomic E-state index is 0.0463. The van der Waals surface area contributed by atoms with Crippen molar-refractivity contribution in [3.05, 3.63) is 24.2 Å². The molecule has 0 bridgehead atoms. The molecule has 0 radical (unpaired) electrons. The molecule has 3 atom stereocenters. The average molecular weight is 304 g/mol. The van der Waals surface area contributed by atoms with Crippen LogP contribution in [0.4, 0.5) is 0 Å². The van der Waals surface area contributed by atoms with Crippen LogP contribution in [0.2, 0.25) is 0 Å². The Hall–Kier alpha value is -1.33. The number of carbonyl (C=O) groups excluding carboxylic acids is 1. The van der Waals surface area contributed by atoms with Gasteiger partial charge in [0.05, 0.1) is 24.5 Å². The SMILES string of the molecule is O=C(NCC1CC1)[C@@H]1C[C@H]2OCC[C@H]2N(Cc2ccoc2)C1. The largest absolute Gasteiger partial charge is 0.472 e. The third kappa shape index (κ3) is 3.06. The molecule has 2 aliphatic heterocycles. The highest BCUT2D eigenvalue weighted by atomic mass is 16.5. The van der Waals surface area contributed by atoms with Crippen molar-refractivity contribution in [2.24, 2.45) is 11.8 Å². The van der Waals surface area contributed by atoms with Crippen molar-refractivity contribution in [1.82, 2.24) is 10.2 Å². The molecule has 1 aromatic rings. The Labute approximate surface area is 131 Å². The van der Waals surface area contributed by atoms with Gasteiger partial charge in [0.15, 0.2) is 0 Å². The summed E-state index contributed by atoms with van der Waals surface area (Å²) in [5.74, 6) is 0.980. The molecule has 1 saturated carbocycles. The molecule has 1 aliphatic carbocycles. The topological polar surface area (TPSA) is 54.7 Å². The van der Waals surface area contributed by atoms with Crippen LogP contribution in [0.5, 0.6) is 0 Å². The Bertz CT molecular complexity index is 512. The summed E-state index contributed by atoms with van der Waals surface area (Å²) in [6, 6.07) is 2.45. The summed E-state index contributed by atoms with van der Waals surface area (Å²) in [6.45, 7) is 3.33. The molecule has 1 aromatic heterocycles. The van der Waals surface area contributed by atoms with Crippen LogP contribution in [0.25, 0.3) is 0 Å². The Balaban J connectivity index is 1.41. The summed E-state index contributed by atoms with van der Waals surface area (Å²) < 4.78 is 11.1. The van der Waals surface area contributed by atoms with Gasteiger partial charge in [0.2, 0.25) is 5.91 Å². The van der Waals surface area contributed by atoms with Crippen LogP contribution >= 0.6 is 0 Å². The van der Waals surface area contributed by atoms with Gasteiger partial charge in [0.1, 0.15) is 0 Å². The molecule has 0 spiro atoms. The first-order chi connectivity index (χ1) is 10.8.